The van der Waals surface area contributed by atoms with Gasteiger partial charge >= 0.3 is 12.1 Å². The Kier molecular flexibility index (Phi) is 6.01. The first kappa shape index (κ1) is 26.1. The molecule has 40 heavy (non-hydrogen) atoms. The van der Waals surface area contributed by atoms with Crippen LogP contribution in [-0.2, 0) is 17.5 Å². The molecule has 7 rings (SSSR count). The number of amides is 1. The minimum absolute atomic E-state index is 0.0290. The monoisotopic (exact) mass is 550 g/mol. The zero-order chi connectivity index (χ0) is 28.3. The molecule has 0 atom stereocenters. The Hall–Kier alpha value is -4.14. The molecule has 4 aromatic rings. The molecule has 2 N–H and O–H groups in total. The predicted octanol–water partition coefficient (Wildman–Crippen LogP) is 7.03. The van der Waals surface area contributed by atoms with E-state index in [1.165, 1.54) is 18.2 Å². The highest BCUT2D eigenvalue weighted by atomic mass is 19.4. The van der Waals surface area contributed by atoms with Crippen molar-refractivity contribution in [2.45, 2.75) is 50.4 Å². The van der Waals surface area contributed by atoms with E-state index in [0.29, 0.717) is 39.6 Å². The van der Waals surface area contributed by atoms with Gasteiger partial charge < -0.3 is 15.0 Å². The molecule has 0 aliphatic heterocycles. The maximum absolute atomic E-state index is 14.7. The summed E-state index contributed by atoms with van der Waals surface area (Å²) in [6.45, 7) is 0.240. The lowest BCUT2D eigenvalue weighted by molar-refractivity contribution is -0.161. The summed E-state index contributed by atoms with van der Waals surface area (Å²) in [6.07, 6.45) is 0.202. The highest BCUT2D eigenvalue weighted by molar-refractivity contribution is 6.08. The third kappa shape index (κ3) is 4.63. The smallest absolute Gasteiger partial charge is 0.416 e. The Morgan fingerprint density at radius 1 is 0.975 bits per heavy atom. The van der Waals surface area contributed by atoms with Crippen molar-refractivity contribution in [3.63, 3.8) is 0 Å². The maximum atomic E-state index is 14.7. The van der Waals surface area contributed by atoms with Gasteiger partial charge in [0.05, 0.1) is 16.6 Å². The molecule has 0 radical (unpaired) electrons. The first-order chi connectivity index (χ1) is 19.0. The third-order valence-electron chi connectivity index (χ3n) is 8.31. The number of carbonyl (C=O) groups is 2. The molecule has 206 valence electrons. The number of fused-ring (bicyclic) bond motifs is 1. The summed E-state index contributed by atoms with van der Waals surface area (Å²) in [6, 6.07) is 16.5. The summed E-state index contributed by atoms with van der Waals surface area (Å²) in [5, 5.41) is 12.9. The summed E-state index contributed by atoms with van der Waals surface area (Å²) in [4.78, 5) is 24.7. The fourth-order valence-electron chi connectivity index (χ4n) is 6.58. The second-order valence-corrected chi connectivity index (χ2v) is 11.2. The Morgan fingerprint density at radius 3 is 2.33 bits per heavy atom. The van der Waals surface area contributed by atoms with Gasteiger partial charge in [-0.3, -0.25) is 9.59 Å². The van der Waals surface area contributed by atoms with E-state index >= 15 is 0 Å². The lowest BCUT2D eigenvalue weighted by atomic mass is 9.38. The van der Waals surface area contributed by atoms with Gasteiger partial charge in [-0.1, -0.05) is 30.3 Å². The Balaban J connectivity index is 1.33. The summed E-state index contributed by atoms with van der Waals surface area (Å²) >= 11 is 0. The molecule has 2 bridgehead atoms. The number of rotatable bonds is 8. The van der Waals surface area contributed by atoms with Crippen LogP contribution in [0.3, 0.4) is 0 Å². The molecular weight excluding hydrogens is 524 g/mol. The van der Waals surface area contributed by atoms with Gasteiger partial charge in [0, 0.05) is 35.7 Å². The molecule has 0 spiro atoms. The number of hydrogen-bond acceptors (Lipinski definition) is 2. The highest BCUT2D eigenvalue weighted by Gasteiger charge is 2.67. The molecule has 1 heterocycles. The first-order valence-corrected chi connectivity index (χ1v) is 13.0. The van der Waals surface area contributed by atoms with E-state index in [0.717, 1.165) is 31.4 Å². The number of aliphatic carboxylic acids is 1. The van der Waals surface area contributed by atoms with E-state index in [1.807, 2.05) is 10.6 Å². The zero-order valence-corrected chi connectivity index (χ0v) is 21.4. The Labute approximate surface area is 227 Å². The largest absolute Gasteiger partial charge is 0.481 e. The second-order valence-electron chi connectivity index (χ2n) is 11.2. The molecule has 9 heteroatoms. The van der Waals surface area contributed by atoms with E-state index in [-0.39, 0.29) is 29.8 Å². The summed E-state index contributed by atoms with van der Waals surface area (Å²) < 4.78 is 55.6. The average molecular weight is 551 g/mol. The highest BCUT2D eigenvalue weighted by Crippen LogP contribution is 2.69. The maximum Gasteiger partial charge on any atom is 0.416 e. The molecule has 3 aliphatic rings. The molecular formula is C31H26F4N2O3. The number of carboxylic acids is 1. The molecule has 1 aromatic heterocycles. The lowest BCUT2D eigenvalue weighted by Crippen LogP contribution is -2.74. The molecule has 3 fully saturated rings. The second kappa shape index (κ2) is 9.21. The molecule has 3 saturated carbocycles. The number of aromatic nitrogens is 1. The molecule has 0 unspecified atom stereocenters. The minimum atomic E-state index is -4.43. The average Bonchev–Trinajstić information content (AvgIpc) is 3.26. The van der Waals surface area contributed by atoms with Crippen LogP contribution in [0.5, 0.6) is 0 Å². The number of carboxylic acid groups (broad SMARTS) is 1. The van der Waals surface area contributed by atoms with Gasteiger partial charge in [-0.2, -0.15) is 13.2 Å². The number of carbonyl (C=O) groups excluding carboxylic acids is 1. The fraction of sp³-hybridized carbons (Fsp3) is 0.290. The zero-order valence-electron chi connectivity index (χ0n) is 21.4. The first-order valence-electron chi connectivity index (χ1n) is 13.0. The van der Waals surface area contributed by atoms with Crippen LogP contribution in [0.25, 0.3) is 22.0 Å². The van der Waals surface area contributed by atoms with Crippen molar-refractivity contribution in [3.8, 4) is 11.1 Å². The van der Waals surface area contributed by atoms with Gasteiger partial charge in [0.15, 0.2) is 0 Å². The fourth-order valence-corrected chi connectivity index (χ4v) is 6.58. The summed E-state index contributed by atoms with van der Waals surface area (Å²) in [5.41, 5.74) is 1.34. The van der Waals surface area contributed by atoms with Crippen LogP contribution in [0.4, 0.5) is 17.6 Å². The van der Waals surface area contributed by atoms with Gasteiger partial charge in [-0.25, -0.2) is 4.39 Å². The van der Waals surface area contributed by atoms with Crippen LogP contribution < -0.4 is 5.32 Å². The van der Waals surface area contributed by atoms with Crippen LogP contribution in [0, 0.1) is 11.2 Å². The number of hydrogen-bond donors (Lipinski definition) is 2. The molecule has 3 aromatic carbocycles. The Morgan fingerprint density at radius 2 is 1.68 bits per heavy atom. The molecule has 0 saturated heterocycles. The van der Waals surface area contributed by atoms with Gasteiger partial charge in [-0.05, 0) is 78.6 Å². The number of nitrogens with zero attached hydrogens (tertiary/aromatic N) is 1. The van der Waals surface area contributed by atoms with Crippen LogP contribution >= 0.6 is 0 Å². The van der Waals surface area contributed by atoms with E-state index in [2.05, 4.69) is 5.32 Å². The van der Waals surface area contributed by atoms with Crippen molar-refractivity contribution in [1.29, 1.82) is 0 Å². The number of benzene rings is 3. The Bertz CT molecular complexity index is 1620. The van der Waals surface area contributed by atoms with Gasteiger partial charge in [0.2, 0.25) is 0 Å². The number of alkyl halides is 3. The van der Waals surface area contributed by atoms with E-state index in [9.17, 15) is 27.2 Å². The third-order valence-corrected chi connectivity index (χ3v) is 8.31. The quantitative estimate of drug-likeness (QED) is 0.231. The SMILES string of the molecule is O=C(O)CCC12CC(NC(=O)c3cc(-c4ccccc4F)cc4ccn(Cc5ccc(C(F)(F)F)cc5)c34)(C1)C2. The van der Waals surface area contributed by atoms with Crippen molar-refractivity contribution in [2.75, 3.05) is 0 Å². The van der Waals surface area contributed by atoms with Gasteiger partial charge in [-0.15, -0.1) is 0 Å². The van der Waals surface area contributed by atoms with E-state index in [1.54, 1.807) is 36.5 Å². The van der Waals surface area contributed by atoms with Crippen molar-refractivity contribution in [1.82, 2.24) is 9.88 Å². The van der Waals surface area contributed by atoms with Crippen molar-refractivity contribution < 1.29 is 32.3 Å². The van der Waals surface area contributed by atoms with E-state index < -0.39 is 23.5 Å². The molecule has 3 aliphatic carbocycles. The summed E-state index contributed by atoms with van der Waals surface area (Å²) in [7, 11) is 0. The van der Waals surface area contributed by atoms with Crippen molar-refractivity contribution in [2.24, 2.45) is 5.41 Å². The number of halogens is 4. The van der Waals surface area contributed by atoms with Crippen molar-refractivity contribution in [3.05, 3.63) is 95.4 Å². The summed E-state index contributed by atoms with van der Waals surface area (Å²) in [5.74, 6) is -1.57. The topological polar surface area (TPSA) is 71.3 Å². The van der Waals surface area contributed by atoms with Crippen LogP contribution in [-0.4, -0.2) is 27.1 Å². The van der Waals surface area contributed by atoms with Crippen LogP contribution in [0.2, 0.25) is 0 Å². The van der Waals surface area contributed by atoms with Crippen LogP contribution in [0.1, 0.15) is 53.6 Å². The standard InChI is InChI=1S/C31H26F4N2O3/c32-25-4-2-1-3-23(25)21-13-20-10-12-37(15-19-5-7-22(8-6-19)31(33,34)35)27(20)24(14-21)28(40)36-30-16-29(17-30,18-30)11-9-26(38)39/h1-8,10,12-14H,9,11,15-18H2,(H,36,40)(H,38,39). The van der Waals surface area contributed by atoms with Gasteiger partial charge in [0.1, 0.15) is 5.82 Å². The van der Waals surface area contributed by atoms with Crippen LogP contribution in [0.15, 0.2) is 72.9 Å². The van der Waals surface area contributed by atoms with Gasteiger partial charge in [0.25, 0.3) is 5.91 Å². The minimum Gasteiger partial charge on any atom is -0.481 e. The van der Waals surface area contributed by atoms with Crippen molar-refractivity contribution >= 4 is 22.8 Å². The molecule has 5 nitrogen and oxygen atoms in total. The predicted molar refractivity (Wildman–Crippen MR) is 141 cm³/mol. The normalized spacial score (nSPS) is 21.5. The number of nitrogens with one attached hydrogen (secondary N) is 1. The molecule has 1 amide bonds. The lowest BCUT2D eigenvalue weighted by Gasteiger charge is -2.71. The van der Waals surface area contributed by atoms with E-state index in [4.69, 9.17) is 5.11 Å².